The lowest BCUT2D eigenvalue weighted by atomic mass is 9.94. The van der Waals surface area contributed by atoms with Gasteiger partial charge in [-0.2, -0.15) is 0 Å². The van der Waals surface area contributed by atoms with Gasteiger partial charge < -0.3 is 23.5 Å². The van der Waals surface area contributed by atoms with Crippen molar-refractivity contribution in [2.24, 2.45) is 5.92 Å². The van der Waals surface area contributed by atoms with Gasteiger partial charge in [0.25, 0.3) is 5.91 Å². The lowest BCUT2D eigenvalue weighted by Gasteiger charge is -2.25. The number of aromatic nitrogens is 1. The molecule has 3 heterocycles. The van der Waals surface area contributed by atoms with Gasteiger partial charge in [-0.15, -0.1) is 0 Å². The van der Waals surface area contributed by atoms with Crippen molar-refractivity contribution in [3.8, 4) is 11.5 Å². The summed E-state index contributed by atoms with van der Waals surface area (Å²) in [6.07, 6.45) is 2.22. The molecule has 2 aromatic heterocycles. The van der Waals surface area contributed by atoms with Crippen molar-refractivity contribution in [2.75, 3.05) is 18.6 Å². The second-order valence-electron chi connectivity index (χ2n) is 8.38. The zero-order chi connectivity index (χ0) is 24.4. The predicted molar refractivity (Wildman–Crippen MR) is 122 cm³/mol. The Morgan fingerprint density at radius 2 is 2.03 bits per heavy atom. The Labute approximate surface area is 196 Å². The van der Waals surface area contributed by atoms with Crippen LogP contribution >= 0.6 is 0 Å². The Morgan fingerprint density at radius 3 is 2.65 bits per heavy atom. The average molecular weight is 466 g/mol. The number of carbonyl (C=O) groups excluding carboxylic acids is 2. The highest BCUT2D eigenvalue weighted by atomic mass is 16.5. The third-order valence-corrected chi connectivity index (χ3v) is 5.52. The molecule has 1 aliphatic rings. The van der Waals surface area contributed by atoms with Crippen LogP contribution < -0.4 is 14.4 Å². The molecule has 1 aliphatic heterocycles. The third kappa shape index (κ3) is 4.28. The molecule has 34 heavy (non-hydrogen) atoms. The number of hydrogen-bond acceptors (Lipinski definition) is 8. The number of carbonyl (C=O) groups is 2. The molecule has 1 aromatic carbocycles. The first-order chi connectivity index (χ1) is 16.3. The van der Waals surface area contributed by atoms with E-state index < -0.39 is 23.5 Å². The highest BCUT2D eigenvalue weighted by molar-refractivity contribution is 6.19. The molecule has 0 aliphatic carbocycles. The van der Waals surface area contributed by atoms with E-state index in [0.29, 0.717) is 35.3 Å². The molecule has 9 nitrogen and oxygen atoms in total. The highest BCUT2D eigenvalue weighted by Gasteiger charge is 2.46. The smallest absolute Gasteiger partial charge is 0.295 e. The van der Waals surface area contributed by atoms with Crippen molar-refractivity contribution < 1.29 is 33.1 Å². The number of hydrogen-bond donors (Lipinski definition) is 1. The maximum absolute atomic E-state index is 13.3. The van der Waals surface area contributed by atoms with Crippen LogP contribution in [0, 0.1) is 12.8 Å². The van der Waals surface area contributed by atoms with E-state index >= 15 is 0 Å². The summed E-state index contributed by atoms with van der Waals surface area (Å²) in [6.45, 7) is 6.41. The number of furan rings is 1. The fourth-order valence-corrected chi connectivity index (χ4v) is 3.77. The van der Waals surface area contributed by atoms with Crippen LogP contribution in [-0.2, 0) is 4.79 Å². The van der Waals surface area contributed by atoms with Gasteiger partial charge in [0.15, 0.2) is 28.8 Å². The minimum absolute atomic E-state index is 0.00172. The molecule has 178 valence electrons. The molecule has 0 unspecified atom stereocenters. The topological polar surface area (TPSA) is 115 Å². The van der Waals surface area contributed by atoms with E-state index in [1.165, 1.54) is 24.3 Å². The number of ketones is 1. The molecule has 1 N–H and O–H groups in total. The summed E-state index contributed by atoms with van der Waals surface area (Å²) in [6, 6.07) is 8.71. The number of aryl methyl sites for hydroxylation is 1. The van der Waals surface area contributed by atoms with Crippen LogP contribution in [0.2, 0.25) is 0 Å². The molecule has 0 radical (unpaired) electrons. The number of rotatable bonds is 9. The number of Topliss-reactive ketones (excluding diaryl/α,β-unsaturated/α-hetero) is 1. The molecule has 0 saturated heterocycles. The maximum Gasteiger partial charge on any atom is 0.295 e. The summed E-state index contributed by atoms with van der Waals surface area (Å²) >= 11 is 0. The predicted octanol–water partition coefficient (Wildman–Crippen LogP) is 4.79. The molecule has 9 heteroatoms. The number of amides is 1. The quantitative estimate of drug-likeness (QED) is 0.448. The summed E-state index contributed by atoms with van der Waals surface area (Å²) in [7, 11) is 1.51. The van der Waals surface area contributed by atoms with Crippen LogP contribution in [0.1, 0.15) is 48.2 Å². The van der Waals surface area contributed by atoms with E-state index in [0.717, 1.165) is 6.42 Å². The van der Waals surface area contributed by atoms with Crippen LogP contribution in [0.5, 0.6) is 11.5 Å². The number of methoxy groups -OCH3 is 1. The van der Waals surface area contributed by atoms with Crippen molar-refractivity contribution in [3.05, 3.63) is 71.1 Å². The normalized spacial score (nSPS) is 16.0. The van der Waals surface area contributed by atoms with E-state index in [1.807, 2.05) is 0 Å². The highest BCUT2D eigenvalue weighted by Crippen LogP contribution is 2.43. The van der Waals surface area contributed by atoms with Crippen molar-refractivity contribution in [1.29, 1.82) is 0 Å². The second kappa shape index (κ2) is 9.46. The number of aliphatic hydroxyl groups excluding tert-OH is 1. The fraction of sp³-hybridized carbons (Fsp3) is 0.320. The van der Waals surface area contributed by atoms with E-state index in [-0.39, 0.29) is 17.2 Å². The summed E-state index contributed by atoms with van der Waals surface area (Å²) in [5, 5.41) is 14.7. The second-order valence-corrected chi connectivity index (χ2v) is 8.38. The van der Waals surface area contributed by atoms with Gasteiger partial charge in [0.2, 0.25) is 5.78 Å². The monoisotopic (exact) mass is 466 g/mol. The van der Waals surface area contributed by atoms with Crippen LogP contribution in [-0.4, -0.2) is 35.7 Å². The first-order valence-electron chi connectivity index (χ1n) is 10.9. The molecule has 1 atom stereocenters. The molecular weight excluding hydrogens is 440 g/mol. The molecular formula is C25H26N2O7. The number of nitrogens with zero attached hydrogens (tertiary/aromatic N) is 2. The number of aliphatic hydroxyl groups is 1. The number of ether oxygens (including phenoxy) is 2. The Hall–Kier alpha value is -4.01. The Kier molecular flexibility index (Phi) is 6.45. The van der Waals surface area contributed by atoms with Gasteiger partial charge in [0.05, 0.1) is 31.6 Å². The van der Waals surface area contributed by atoms with Gasteiger partial charge in [-0.05, 0) is 49.1 Å². The largest absolute Gasteiger partial charge is 0.503 e. The van der Waals surface area contributed by atoms with E-state index in [2.05, 4.69) is 19.0 Å². The summed E-state index contributed by atoms with van der Waals surface area (Å²) in [5.41, 5.74) is 0.386. The summed E-state index contributed by atoms with van der Waals surface area (Å²) in [5.74, 6) is 0.0207. The molecule has 3 aromatic rings. The number of benzene rings is 1. The van der Waals surface area contributed by atoms with Crippen LogP contribution in [0.4, 0.5) is 5.82 Å². The minimum atomic E-state index is -0.992. The number of anilines is 1. The lowest BCUT2D eigenvalue weighted by Crippen LogP contribution is -2.31. The zero-order valence-corrected chi connectivity index (χ0v) is 19.4. The van der Waals surface area contributed by atoms with Gasteiger partial charge in [0, 0.05) is 6.07 Å². The molecule has 0 fully saturated rings. The molecule has 0 saturated carbocycles. The summed E-state index contributed by atoms with van der Waals surface area (Å²) in [4.78, 5) is 27.6. The van der Waals surface area contributed by atoms with Gasteiger partial charge >= 0.3 is 0 Å². The molecule has 0 spiro atoms. The van der Waals surface area contributed by atoms with E-state index in [9.17, 15) is 14.7 Å². The van der Waals surface area contributed by atoms with Gasteiger partial charge in [-0.25, -0.2) is 0 Å². The van der Waals surface area contributed by atoms with Crippen molar-refractivity contribution in [3.63, 3.8) is 0 Å². The molecule has 1 amide bonds. The first-order valence-corrected chi connectivity index (χ1v) is 10.9. The average Bonchev–Trinajstić information content (AvgIpc) is 3.54. The Bertz CT molecular complexity index is 1220. The van der Waals surface area contributed by atoms with Gasteiger partial charge in [-0.3, -0.25) is 14.5 Å². The Balaban J connectivity index is 1.78. The SMILES string of the molecule is COc1cc([C@H]2C(C(=O)c3ccco3)=C(O)C(=O)N2c2cc(C)on2)ccc1OCCC(C)C. The molecule has 0 bridgehead atoms. The van der Waals surface area contributed by atoms with Crippen LogP contribution in [0.3, 0.4) is 0 Å². The lowest BCUT2D eigenvalue weighted by molar-refractivity contribution is -0.117. The Morgan fingerprint density at radius 1 is 1.24 bits per heavy atom. The third-order valence-electron chi connectivity index (χ3n) is 5.52. The molecule has 4 rings (SSSR count). The fourth-order valence-electron chi connectivity index (χ4n) is 3.77. The van der Waals surface area contributed by atoms with Crippen LogP contribution in [0.15, 0.2) is 62.9 Å². The minimum Gasteiger partial charge on any atom is -0.503 e. The first kappa shape index (κ1) is 23.2. The van der Waals surface area contributed by atoms with Gasteiger partial charge in [-0.1, -0.05) is 25.1 Å². The van der Waals surface area contributed by atoms with E-state index in [4.69, 9.17) is 18.4 Å². The van der Waals surface area contributed by atoms with Crippen LogP contribution in [0.25, 0.3) is 0 Å². The maximum atomic E-state index is 13.3. The van der Waals surface area contributed by atoms with Crippen molar-refractivity contribution in [2.45, 2.75) is 33.2 Å². The van der Waals surface area contributed by atoms with Crippen molar-refractivity contribution >= 4 is 17.5 Å². The van der Waals surface area contributed by atoms with Gasteiger partial charge in [0.1, 0.15) is 5.76 Å². The zero-order valence-electron chi connectivity index (χ0n) is 19.4. The van der Waals surface area contributed by atoms with E-state index in [1.54, 1.807) is 37.3 Å². The summed E-state index contributed by atoms with van der Waals surface area (Å²) < 4.78 is 21.8. The van der Waals surface area contributed by atoms with Crippen molar-refractivity contribution in [1.82, 2.24) is 5.16 Å². The standard InChI is InChI=1S/C25H26N2O7/c1-14(2)9-11-33-17-8-7-16(13-19(17)31-4)22-21(23(28)18-6-5-10-32-18)24(29)25(30)27(22)20-12-15(3)34-26-20/h5-8,10,12-14,22,29H,9,11H2,1-4H3/t22-/m0/s1.